The first-order valence-electron chi connectivity index (χ1n) is 10.4. The highest BCUT2D eigenvalue weighted by Crippen LogP contribution is 2.44. The second-order valence-electron chi connectivity index (χ2n) is 8.38. The van der Waals surface area contributed by atoms with E-state index in [2.05, 4.69) is 30.8 Å². The molecule has 0 amide bonds. The molecule has 1 atom stereocenters. The zero-order valence-corrected chi connectivity index (χ0v) is 18.4. The van der Waals surface area contributed by atoms with Crippen LogP contribution in [-0.2, 0) is 0 Å². The Balaban J connectivity index is 1.27. The van der Waals surface area contributed by atoms with Crippen molar-refractivity contribution in [1.82, 2.24) is 30.2 Å². The quantitative estimate of drug-likeness (QED) is 0.444. The molecule has 0 saturated heterocycles. The third-order valence-electron chi connectivity index (χ3n) is 5.95. The number of aromatic nitrogens is 6. The minimum absolute atomic E-state index is 0.107. The van der Waals surface area contributed by atoms with E-state index in [-0.39, 0.29) is 11.6 Å². The van der Waals surface area contributed by atoms with Gasteiger partial charge in [-0.3, -0.25) is 4.79 Å². The van der Waals surface area contributed by atoms with Crippen molar-refractivity contribution >= 4 is 39.0 Å². The molecule has 2 saturated carbocycles. The lowest BCUT2D eigenvalue weighted by Gasteiger charge is -2.14. The molecular weight excluding hydrogens is 434 g/mol. The largest absolute Gasteiger partial charge is 0.355 e. The topological polar surface area (TPSA) is 101 Å². The number of tetrazole rings is 1. The molecule has 2 aliphatic rings. The van der Waals surface area contributed by atoms with Gasteiger partial charge in [-0.15, -0.1) is 5.10 Å². The van der Waals surface area contributed by atoms with Crippen molar-refractivity contribution < 1.29 is 0 Å². The van der Waals surface area contributed by atoms with Crippen LogP contribution in [-0.4, -0.2) is 30.2 Å². The number of hydrogen-bond donors (Lipinski definition) is 2. The molecule has 3 heterocycles. The summed E-state index contributed by atoms with van der Waals surface area (Å²) in [4.78, 5) is 20.3. The Bertz CT molecular complexity index is 1350. The van der Waals surface area contributed by atoms with Crippen LogP contribution < -0.4 is 10.9 Å². The van der Waals surface area contributed by atoms with Crippen LogP contribution in [0.5, 0.6) is 0 Å². The number of anilines is 1. The number of aromatic amines is 1. The second kappa shape index (κ2) is 7.13. The predicted octanol–water partition coefficient (Wildman–Crippen LogP) is 4.54. The van der Waals surface area contributed by atoms with Gasteiger partial charge >= 0.3 is 0 Å². The fraction of sp³-hybridized carbons (Fsp3) is 0.381. The number of nitrogens with one attached hydrogen (secondary N) is 2. The van der Waals surface area contributed by atoms with Crippen LogP contribution in [0.15, 0.2) is 29.2 Å². The molecule has 2 fully saturated rings. The number of rotatable bonds is 6. The van der Waals surface area contributed by atoms with Crippen molar-refractivity contribution in [2.45, 2.75) is 50.5 Å². The maximum absolute atomic E-state index is 12.8. The number of thiazole rings is 1. The van der Waals surface area contributed by atoms with E-state index in [1.54, 1.807) is 10.9 Å². The molecule has 0 aliphatic heterocycles. The maximum Gasteiger partial charge on any atom is 0.253 e. The smallest absolute Gasteiger partial charge is 0.253 e. The normalized spacial score (nSPS) is 17.2. The van der Waals surface area contributed by atoms with Gasteiger partial charge in [0.1, 0.15) is 5.00 Å². The Morgan fingerprint density at radius 1 is 1.23 bits per heavy atom. The van der Waals surface area contributed by atoms with Crippen LogP contribution in [0.3, 0.4) is 0 Å². The summed E-state index contributed by atoms with van der Waals surface area (Å²) in [5, 5.41) is 18.7. The number of benzene rings is 1. The van der Waals surface area contributed by atoms with E-state index in [4.69, 9.17) is 11.6 Å². The first kappa shape index (κ1) is 18.9. The van der Waals surface area contributed by atoms with Gasteiger partial charge in [0.2, 0.25) is 0 Å². The van der Waals surface area contributed by atoms with E-state index >= 15 is 0 Å². The van der Waals surface area contributed by atoms with Crippen LogP contribution in [0.1, 0.15) is 67.4 Å². The zero-order valence-electron chi connectivity index (χ0n) is 16.8. The second-order valence-corrected chi connectivity index (χ2v) is 9.80. The van der Waals surface area contributed by atoms with Crippen LogP contribution in [0.2, 0.25) is 5.02 Å². The Hall–Kier alpha value is -2.78. The summed E-state index contributed by atoms with van der Waals surface area (Å²) in [5.74, 6) is 1.85. The van der Waals surface area contributed by atoms with E-state index in [1.165, 1.54) is 11.3 Å². The Kier molecular flexibility index (Phi) is 4.36. The molecule has 0 spiro atoms. The van der Waals surface area contributed by atoms with Crippen molar-refractivity contribution in [3.63, 3.8) is 0 Å². The summed E-state index contributed by atoms with van der Waals surface area (Å²) in [7, 11) is 0. The first-order valence-corrected chi connectivity index (χ1v) is 11.6. The Labute approximate surface area is 186 Å². The van der Waals surface area contributed by atoms with Crippen LogP contribution in [0.4, 0.5) is 5.13 Å². The van der Waals surface area contributed by atoms with Crippen molar-refractivity contribution in [3.8, 4) is 5.00 Å². The van der Waals surface area contributed by atoms with Gasteiger partial charge in [-0.2, -0.15) is 4.68 Å². The summed E-state index contributed by atoms with van der Waals surface area (Å²) in [6.45, 7) is 1.95. The Morgan fingerprint density at radius 2 is 2.03 bits per heavy atom. The minimum Gasteiger partial charge on any atom is -0.355 e. The SMILES string of the molecule is C[C@H](Nc1ncc(-n2nnnc2C2CC2)s1)c1cc2cc(Cl)c(C3CC3)cc2[nH]c1=O. The average Bonchev–Trinajstić information content (AvgIpc) is 3.68. The lowest BCUT2D eigenvalue weighted by atomic mass is 10.0. The van der Waals surface area contributed by atoms with Crippen LogP contribution >= 0.6 is 22.9 Å². The van der Waals surface area contributed by atoms with Crippen molar-refractivity contribution in [1.29, 1.82) is 0 Å². The predicted molar refractivity (Wildman–Crippen MR) is 120 cm³/mol. The number of nitrogens with zero attached hydrogens (tertiary/aromatic N) is 5. The monoisotopic (exact) mass is 453 g/mol. The fourth-order valence-corrected chi connectivity index (χ4v) is 5.12. The minimum atomic E-state index is -0.231. The molecule has 2 N–H and O–H groups in total. The summed E-state index contributed by atoms with van der Waals surface area (Å²) in [6, 6.07) is 5.66. The molecule has 0 unspecified atom stereocenters. The average molecular weight is 454 g/mol. The molecule has 6 rings (SSSR count). The van der Waals surface area contributed by atoms with Gasteiger partial charge in [0.05, 0.1) is 12.2 Å². The molecule has 8 nitrogen and oxygen atoms in total. The van der Waals surface area contributed by atoms with Crippen molar-refractivity contribution in [2.24, 2.45) is 0 Å². The summed E-state index contributed by atoms with van der Waals surface area (Å²) >= 11 is 7.96. The molecule has 1 aromatic carbocycles. The highest BCUT2D eigenvalue weighted by atomic mass is 35.5. The van der Waals surface area contributed by atoms with Crippen LogP contribution in [0, 0.1) is 0 Å². The van der Waals surface area contributed by atoms with Gasteiger partial charge in [0, 0.05) is 27.4 Å². The number of halogens is 1. The van der Waals surface area contributed by atoms with Gasteiger partial charge in [-0.1, -0.05) is 22.9 Å². The third kappa shape index (κ3) is 3.51. The molecule has 10 heteroatoms. The third-order valence-corrected chi connectivity index (χ3v) is 7.18. The molecular formula is C21H20ClN7OS. The van der Waals surface area contributed by atoms with Gasteiger partial charge in [-0.25, -0.2) is 4.98 Å². The number of hydrogen-bond acceptors (Lipinski definition) is 7. The molecule has 4 aromatic rings. The van der Waals surface area contributed by atoms with E-state index < -0.39 is 0 Å². The van der Waals surface area contributed by atoms with Crippen molar-refractivity contribution in [3.05, 3.63) is 56.7 Å². The number of pyridine rings is 1. The van der Waals surface area contributed by atoms with Gasteiger partial charge in [0.25, 0.3) is 5.56 Å². The standard InChI is InChI=1S/C21H20ClN7OS/c1-10(24-21-23-9-18(31-21)29-19(12-4-5-12)26-27-28-29)14-6-13-7-16(22)15(11-2-3-11)8-17(13)25-20(14)30/h6-12H,2-5H2,1H3,(H,23,24)(H,25,30)/t10-/m0/s1. The maximum atomic E-state index is 12.8. The fourth-order valence-electron chi connectivity index (χ4n) is 3.93. The Morgan fingerprint density at radius 3 is 2.81 bits per heavy atom. The highest BCUT2D eigenvalue weighted by Gasteiger charge is 2.30. The lowest BCUT2D eigenvalue weighted by Crippen LogP contribution is -2.19. The molecule has 31 heavy (non-hydrogen) atoms. The summed E-state index contributed by atoms with van der Waals surface area (Å²) < 4.78 is 1.76. The molecule has 0 bridgehead atoms. The van der Waals surface area contributed by atoms with Gasteiger partial charge in [-0.05, 0) is 72.7 Å². The number of fused-ring (bicyclic) bond motifs is 1. The zero-order chi connectivity index (χ0) is 21.1. The van der Waals surface area contributed by atoms with Crippen molar-refractivity contribution in [2.75, 3.05) is 5.32 Å². The van der Waals surface area contributed by atoms with E-state index in [9.17, 15) is 4.79 Å². The van der Waals surface area contributed by atoms with E-state index in [1.807, 2.05) is 25.1 Å². The summed E-state index contributed by atoms with van der Waals surface area (Å²) in [5.41, 5.74) is 2.49. The lowest BCUT2D eigenvalue weighted by molar-refractivity contribution is 0.772. The van der Waals surface area contributed by atoms with E-state index in [0.717, 1.165) is 58.0 Å². The molecule has 0 radical (unpaired) electrons. The molecule has 158 valence electrons. The van der Waals surface area contributed by atoms with E-state index in [0.29, 0.717) is 22.5 Å². The molecule has 3 aromatic heterocycles. The number of H-pyrrole nitrogens is 1. The van der Waals surface area contributed by atoms with Gasteiger partial charge < -0.3 is 10.3 Å². The molecule has 2 aliphatic carbocycles. The summed E-state index contributed by atoms with van der Waals surface area (Å²) in [6.07, 6.45) is 6.33. The van der Waals surface area contributed by atoms with Gasteiger partial charge in [0.15, 0.2) is 11.0 Å². The van der Waals surface area contributed by atoms with Crippen LogP contribution in [0.25, 0.3) is 15.9 Å². The first-order chi connectivity index (χ1) is 15.1. The highest BCUT2D eigenvalue weighted by molar-refractivity contribution is 7.17.